The molecule has 21 heavy (non-hydrogen) atoms. The molecule has 2 N–H and O–H groups in total. The van der Waals surface area contributed by atoms with Crippen molar-refractivity contribution in [2.75, 3.05) is 6.61 Å². The van der Waals surface area contributed by atoms with E-state index in [4.69, 9.17) is 15.5 Å². The molecule has 108 valence electrons. The van der Waals surface area contributed by atoms with E-state index in [1.807, 2.05) is 44.3 Å². The molecule has 0 unspecified atom stereocenters. The largest absolute Gasteiger partial charge is 0.494 e. The lowest BCUT2D eigenvalue weighted by atomic mass is 10.1. The second kappa shape index (κ2) is 5.58. The van der Waals surface area contributed by atoms with E-state index >= 15 is 0 Å². The minimum atomic E-state index is 0.556. The highest BCUT2D eigenvalue weighted by Crippen LogP contribution is 2.26. The number of aromatic nitrogens is 2. The van der Waals surface area contributed by atoms with Gasteiger partial charge in [0.1, 0.15) is 11.6 Å². The zero-order chi connectivity index (χ0) is 14.8. The van der Waals surface area contributed by atoms with Crippen molar-refractivity contribution in [2.24, 2.45) is 12.8 Å². The second-order valence-corrected chi connectivity index (χ2v) is 4.98. The van der Waals surface area contributed by atoms with Crippen LogP contribution in [0.4, 0.5) is 0 Å². The molecule has 2 aromatic carbocycles. The van der Waals surface area contributed by atoms with Crippen molar-refractivity contribution in [3.63, 3.8) is 0 Å². The SMILES string of the molecule is CCOc1ccc2c(c1)nc(-c1ccc(CN)cc1)n2C. The number of imidazole rings is 1. The predicted octanol–water partition coefficient (Wildman–Crippen LogP) is 3.10. The van der Waals surface area contributed by atoms with Crippen molar-refractivity contribution in [3.05, 3.63) is 48.0 Å². The van der Waals surface area contributed by atoms with E-state index in [9.17, 15) is 0 Å². The van der Waals surface area contributed by atoms with Gasteiger partial charge < -0.3 is 15.0 Å². The Labute approximate surface area is 124 Å². The molecular formula is C17H19N3O. The van der Waals surface area contributed by atoms with Gasteiger partial charge in [-0.15, -0.1) is 0 Å². The third kappa shape index (κ3) is 2.50. The van der Waals surface area contributed by atoms with E-state index in [2.05, 4.69) is 16.7 Å². The molecule has 0 atom stereocenters. The number of nitrogens with two attached hydrogens (primary N) is 1. The fourth-order valence-electron chi connectivity index (χ4n) is 2.48. The lowest BCUT2D eigenvalue weighted by Gasteiger charge is -2.04. The molecule has 0 saturated heterocycles. The van der Waals surface area contributed by atoms with E-state index in [-0.39, 0.29) is 0 Å². The first kappa shape index (κ1) is 13.6. The standard InChI is InChI=1S/C17H19N3O/c1-3-21-14-8-9-16-15(10-14)19-17(20(16)2)13-6-4-12(11-18)5-7-13/h4-10H,3,11,18H2,1-2H3. The zero-order valence-electron chi connectivity index (χ0n) is 12.3. The molecule has 0 aliphatic carbocycles. The Morgan fingerprint density at radius 1 is 1.14 bits per heavy atom. The number of rotatable bonds is 4. The Hall–Kier alpha value is -2.33. The number of hydrogen-bond donors (Lipinski definition) is 1. The van der Waals surface area contributed by atoms with Gasteiger partial charge in [-0.1, -0.05) is 24.3 Å². The topological polar surface area (TPSA) is 53.1 Å². The van der Waals surface area contributed by atoms with Gasteiger partial charge in [0.25, 0.3) is 0 Å². The van der Waals surface area contributed by atoms with Crippen molar-refractivity contribution in [3.8, 4) is 17.1 Å². The summed E-state index contributed by atoms with van der Waals surface area (Å²) in [4.78, 5) is 4.73. The summed E-state index contributed by atoms with van der Waals surface area (Å²) >= 11 is 0. The second-order valence-electron chi connectivity index (χ2n) is 4.98. The highest BCUT2D eigenvalue weighted by molar-refractivity contribution is 5.81. The summed E-state index contributed by atoms with van der Waals surface area (Å²) in [5, 5.41) is 0. The quantitative estimate of drug-likeness (QED) is 0.799. The average Bonchev–Trinajstić information content (AvgIpc) is 2.84. The number of aryl methyl sites for hydroxylation is 1. The molecule has 0 fully saturated rings. The van der Waals surface area contributed by atoms with Gasteiger partial charge in [0.15, 0.2) is 0 Å². The number of nitrogens with zero attached hydrogens (tertiary/aromatic N) is 2. The van der Waals surface area contributed by atoms with E-state index in [1.165, 1.54) is 0 Å². The molecule has 3 rings (SSSR count). The van der Waals surface area contributed by atoms with Crippen molar-refractivity contribution >= 4 is 11.0 Å². The van der Waals surface area contributed by atoms with E-state index < -0.39 is 0 Å². The van der Waals surface area contributed by atoms with Crippen molar-refractivity contribution in [1.82, 2.24) is 9.55 Å². The first-order valence-corrected chi connectivity index (χ1v) is 7.11. The van der Waals surface area contributed by atoms with Crippen LogP contribution >= 0.6 is 0 Å². The van der Waals surface area contributed by atoms with Gasteiger partial charge >= 0.3 is 0 Å². The molecule has 0 amide bonds. The van der Waals surface area contributed by atoms with Crippen LogP contribution in [0.1, 0.15) is 12.5 Å². The minimum absolute atomic E-state index is 0.556. The van der Waals surface area contributed by atoms with E-state index in [0.29, 0.717) is 13.2 Å². The van der Waals surface area contributed by atoms with Crippen LogP contribution < -0.4 is 10.5 Å². The van der Waals surface area contributed by atoms with Gasteiger partial charge in [-0.05, 0) is 24.6 Å². The minimum Gasteiger partial charge on any atom is -0.494 e. The molecule has 0 aliphatic heterocycles. The molecule has 0 aliphatic rings. The third-order valence-corrected chi connectivity index (χ3v) is 3.61. The fourth-order valence-corrected chi connectivity index (χ4v) is 2.48. The molecule has 4 heteroatoms. The zero-order valence-corrected chi connectivity index (χ0v) is 12.3. The maximum atomic E-state index is 5.64. The summed E-state index contributed by atoms with van der Waals surface area (Å²) in [5.74, 6) is 1.80. The van der Waals surface area contributed by atoms with Gasteiger partial charge in [-0.2, -0.15) is 0 Å². The normalized spacial score (nSPS) is 11.0. The van der Waals surface area contributed by atoms with Crippen LogP contribution in [0.25, 0.3) is 22.4 Å². The van der Waals surface area contributed by atoms with Crippen molar-refractivity contribution in [2.45, 2.75) is 13.5 Å². The van der Waals surface area contributed by atoms with Crippen molar-refractivity contribution in [1.29, 1.82) is 0 Å². The summed E-state index contributed by atoms with van der Waals surface area (Å²) in [6, 6.07) is 14.2. The van der Waals surface area contributed by atoms with Crippen LogP contribution in [-0.4, -0.2) is 16.2 Å². The predicted molar refractivity (Wildman–Crippen MR) is 85.2 cm³/mol. The molecule has 0 radical (unpaired) electrons. The molecule has 0 bridgehead atoms. The van der Waals surface area contributed by atoms with Crippen LogP contribution in [0, 0.1) is 0 Å². The lowest BCUT2D eigenvalue weighted by Crippen LogP contribution is -1.96. The molecule has 1 aromatic heterocycles. The lowest BCUT2D eigenvalue weighted by molar-refractivity contribution is 0.340. The number of fused-ring (bicyclic) bond motifs is 1. The number of ether oxygens (including phenoxy) is 1. The molecule has 0 spiro atoms. The van der Waals surface area contributed by atoms with Crippen LogP contribution in [-0.2, 0) is 13.6 Å². The molecular weight excluding hydrogens is 262 g/mol. The first-order valence-electron chi connectivity index (χ1n) is 7.11. The highest BCUT2D eigenvalue weighted by atomic mass is 16.5. The van der Waals surface area contributed by atoms with E-state index in [0.717, 1.165) is 33.7 Å². The van der Waals surface area contributed by atoms with Crippen LogP contribution in [0.15, 0.2) is 42.5 Å². The average molecular weight is 281 g/mol. The summed E-state index contributed by atoms with van der Waals surface area (Å²) in [7, 11) is 2.03. The maximum Gasteiger partial charge on any atom is 0.140 e. The Kier molecular flexibility index (Phi) is 3.62. The first-order chi connectivity index (χ1) is 10.2. The summed E-state index contributed by atoms with van der Waals surface area (Å²) in [6.07, 6.45) is 0. The van der Waals surface area contributed by atoms with Gasteiger partial charge in [-0.25, -0.2) is 4.98 Å². The summed E-state index contributed by atoms with van der Waals surface area (Å²) < 4.78 is 7.64. The molecule has 1 heterocycles. The monoisotopic (exact) mass is 281 g/mol. The Balaban J connectivity index is 2.07. The van der Waals surface area contributed by atoms with Crippen LogP contribution in [0.5, 0.6) is 5.75 Å². The number of benzene rings is 2. The highest BCUT2D eigenvalue weighted by Gasteiger charge is 2.10. The maximum absolute atomic E-state index is 5.64. The van der Waals surface area contributed by atoms with Crippen LogP contribution in [0.3, 0.4) is 0 Å². The van der Waals surface area contributed by atoms with Crippen LogP contribution in [0.2, 0.25) is 0 Å². The summed E-state index contributed by atoms with van der Waals surface area (Å²) in [5.41, 5.74) is 9.89. The molecule has 4 nitrogen and oxygen atoms in total. The molecule has 3 aromatic rings. The van der Waals surface area contributed by atoms with Gasteiger partial charge in [0.2, 0.25) is 0 Å². The fraction of sp³-hybridized carbons (Fsp3) is 0.235. The van der Waals surface area contributed by atoms with E-state index in [1.54, 1.807) is 0 Å². The smallest absolute Gasteiger partial charge is 0.140 e. The third-order valence-electron chi connectivity index (χ3n) is 3.61. The van der Waals surface area contributed by atoms with Gasteiger partial charge in [0.05, 0.1) is 17.6 Å². The molecule has 0 saturated carbocycles. The number of hydrogen-bond acceptors (Lipinski definition) is 3. The van der Waals surface area contributed by atoms with Crippen molar-refractivity contribution < 1.29 is 4.74 Å². The Morgan fingerprint density at radius 2 is 1.90 bits per heavy atom. The summed E-state index contributed by atoms with van der Waals surface area (Å²) in [6.45, 7) is 3.19. The van der Waals surface area contributed by atoms with Gasteiger partial charge in [-0.3, -0.25) is 0 Å². The Bertz CT molecular complexity index is 760. The Morgan fingerprint density at radius 3 is 2.57 bits per heavy atom. The van der Waals surface area contributed by atoms with Gasteiger partial charge in [0, 0.05) is 25.2 Å².